The molecule has 0 fully saturated rings. The molecule has 9 nitrogen and oxygen atoms in total. The molecule has 0 aliphatic heterocycles. The van der Waals surface area contributed by atoms with Crippen LogP contribution in [-0.2, 0) is 27.9 Å². The van der Waals surface area contributed by atoms with Gasteiger partial charge < -0.3 is 28.5 Å². The first-order chi connectivity index (χ1) is 31.4. The van der Waals surface area contributed by atoms with E-state index in [1.807, 2.05) is 27.2 Å². The summed E-state index contributed by atoms with van der Waals surface area (Å²) in [5.74, 6) is -0.614. The van der Waals surface area contributed by atoms with E-state index in [2.05, 4.69) is 86.8 Å². The zero-order valence-corrected chi connectivity index (χ0v) is 43.6. The molecule has 0 aliphatic rings. The van der Waals surface area contributed by atoms with Gasteiger partial charge in [-0.05, 0) is 70.3 Å². The first-order valence-electron chi connectivity index (χ1n) is 26.2. The van der Waals surface area contributed by atoms with Crippen molar-refractivity contribution in [2.24, 2.45) is 0 Å². The lowest BCUT2D eigenvalue weighted by Gasteiger charge is -2.30. The summed E-state index contributed by atoms with van der Waals surface area (Å²) >= 11 is 0. The summed E-state index contributed by atoms with van der Waals surface area (Å²) < 4.78 is 30.0. The molecule has 3 atom stereocenters. The van der Waals surface area contributed by atoms with Crippen LogP contribution in [0.5, 0.6) is 0 Å². The number of unbranched alkanes of at least 4 members (excludes halogenated alkanes) is 20. The number of carbonyl (C=O) groups excluding carboxylic acids is 2. The molecular weight excluding hydrogens is 832 g/mol. The van der Waals surface area contributed by atoms with Crippen molar-refractivity contribution in [3.63, 3.8) is 0 Å². The third-order valence-corrected chi connectivity index (χ3v) is 12.1. The molecule has 376 valence electrons. The van der Waals surface area contributed by atoms with Gasteiger partial charge in [-0.15, -0.1) is 0 Å². The van der Waals surface area contributed by atoms with E-state index in [4.69, 9.17) is 13.8 Å². The highest BCUT2D eigenvalue weighted by atomic mass is 31.2. The Bertz CT molecular complexity index is 1350. The van der Waals surface area contributed by atoms with Crippen LogP contribution in [0, 0.1) is 0 Å². The van der Waals surface area contributed by atoms with Gasteiger partial charge in [0.15, 0.2) is 0 Å². The second kappa shape index (κ2) is 45.2. The van der Waals surface area contributed by atoms with Crippen LogP contribution < -0.4 is 10.2 Å². The van der Waals surface area contributed by atoms with Gasteiger partial charge in [-0.25, -0.2) is 0 Å². The van der Waals surface area contributed by atoms with Crippen LogP contribution >= 0.6 is 7.82 Å². The SMILES string of the molecule is CC/C=C\C/C=C\C/C=C\C/C=C\C/C=C\CCCC(=O)OC(/C=C/CCCCCCCCCCC)C(COP(=O)([O-])OCC[N+](C)(C)C)NC(=O)CCCCCCCCCCCCC. The van der Waals surface area contributed by atoms with Gasteiger partial charge in [0.2, 0.25) is 5.91 Å². The van der Waals surface area contributed by atoms with Crippen molar-refractivity contribution in [2.45, 2.75) is 226 Å². The minimum atomic E-state index is -4.70. The first kappa shape index (κ1) is 62.4. The van der Waals surface area contributed by atoms with Crippen molar-refractivity contribution in [2.75, 3.05) is 40.9 Å². The van der Waals surface area contributed by atoms with E-state index in [0.29, 0.717) is 23.9 Å². The van der Waals surface area contributed by atoms with Gasteiger partial charge in [-0.3, -0.25) is 14.2 Å². The molecule has 0 saturated carbocycles. The molecule has 0 heterocycles. The van der Waals surface area contributed by atoms with Crippen LogP contribution in [0.2, 0.25) is 0 Å². The number of carbonyl (C=O) groups is 2. The van der Waals surface area contributed by atoms with Crippen molar-refractivity contribution in [3.05, 3.63) is 72.9 Å². The highest BCUT2D eigenvalue weighted by Crippen LogP contribution is 2.38. The maximum atomic E-state index is 13.4. The van der Waals surface area contributed by atoms with E-state index in [1.165, 1.54) is 96.3 Å². The second-order valence-electron chi connectivity index (χ2n) is 18.6. The monoisotopic (exact) mass is 931 g/mol. The van der Waals surface area contributed by atoms with Gasteiger partial charge in [0, 0.05) is 12.8 Å². The minimum Gasteiger partial charge on any atom is -0.756 e. The van der Waals surface area contributed by atoms with Crippen molar-refractivity contribution in [1.82, 2.24) is 5.32 Å². The number of phosphoric acid groups is 1. The number of nitrogens with zero attached hydrogens (tertiary/aromatic N) is 1. The fourth-order valence-electron chi connectivity index (χ4n) is 7.08. The summed E-state index contributed by atoms with van der Waals surface area (Å²) in [4.78, 5) is 39.6. The Balaban J connectivity index is 5.49. The molecule has 0 saturated heterocycles. The molecule has 3 unspecified atom stereocenters. The summed E-state index contributed by atoms with van der Waals surface area (Å²) in [5, 5.41) is 2.99. The molecular formula is C55H99N2O7P. The molecule has 10 heteroatoms. The third-order valence-electron chi connectivity index (χ3n) is 11.2. The number of ether oxygens (including phenoxy) is 1. The number of phosphoric ester groups is 1. The maximum Gasteiger partial charge on any atom is 0.306 e. The van der Waals surface area contributed by atoms with Crippen LogP contribution in [0.15, 0.2) is 72.9 Å². The Kier molecular flexibility index (Phi) is 43.5. The predicted octanol–water partition coefficient (Wildman–Crippen LogP) is 14.7. The Hall–Kier alpha value is -2.55. The zero-order valence-electron chi connectivity index (χ0n) is 42.7. The number of allylic oxidation sites excluding steroid dienone is 11. The number of nitrogens with one attached hydrogen (secondary N) is 1. The van der Waals surface area contributed by atoms with Crippen LogP contribution in [0.25, 0.3) is 0 Å². The van der Waals surface area contributed by atoms with Crippen LogP contribution in [-0.4, -0.2) is 69.4 Å². The highest BCUT2D eigenvalue weighted by Gasteiger charge is 2.27. The Morgan fingerprint density at radius 2 is 1.00 bits per heavy atom. The largest absolute Gasteiger partial charge is 0.756 e. The number of rotatable bonds is 46. The molecule has 1 amide bonds. The second-order valence-corrected chi connectivity index (χ2v) is 20.1. The van der Waals surface area contributed by atoms with E-state index in [-0.39, 0.29) is 18.9 Å². The molecule has 0 rings (SSSR count). The van der Waals surface area contributed by atoms with E-state index >= 15 is 0 Å². The van der Waals surface area contributed by atoms with Gasteiger partial charge in [0.25, 0.3) is 7.82 Å². The Morgan fingerprint density at radius 1 is 0.554 bits per heavy atom. The summed E-state index contributed by atoms with van der Waals surface area (Å²) in [5.41, 5.74) is 0. The average Bonchev–Trinajstić information content (AvgIpc) is 3.26. The minimum absolute atomic E-state index is 0.0326. The summed E-state index contributed by atoms with van der Waals surface area (Å²) in [7, 11) is 1.15. The summed E-state index contributed by atoms with van der Waals surface area (Å²) in [6, 6.07) is -0.909. The number of hydrogen-bond acceptors (Lipinski definition) is 7. The number of hydrogen-bond donors (Lipinski definition) is 1. The number of likely N-dealkylation sites (N-methyl/N-ethyl adjacent to an activating group) is 1. The Morgan fingerprint density at radius 3 is 1.49 bits per heavy atom. The summed E-state index contributed by atoms with van der Waals surface area (Å²) in [6.45, 7) is 6.65. The zero-order chi connectivity index (χ0) is 48.0. The van der Waals surface area contributed by atoms with Crippen molar-refractivity contribution >= 4 is 19.7 Å². The standard InChI is InChI=1S/C55H99N2O7P/c1-7-10-13-16-19-22-25-26-27-28-29-30-33-36-39-42-45-48-55(59)64-53(46-43-40-37-34-31-23-20-17-14-11-8-2)52(51-63-65(60,61)62-50-49-57(4,5)6)56-54(58)47-44-41-38-35-32-24-21-18-15-12-9-3/h10,13,19,22,26-27,29-30,36,39,43,46,52-53H,7-9,11-12,14-18,20-21,23-25,28,31-35,37-38,40-42,44-45,47-51H2,1-6H3,(H-,56,58,60,61)/b13-10-,22-19-,27-26-,30-29-,39-36-,46-43+. The smallest absolute Gasteiger partial charge is 0.306 e. The fraction of sp³-hybridized carbons (Fsp3) is 0.745. The molecule has 0 spiro atoms. The van der Waals surface area contributed by atoms with Crippen molar-refractivity contribution < 1.29 is 37.3 Å². The number of amides is 1. The molecule has 1 N–H and O–H groups in total. The van der Waals surface area contributed by atoms with Crippen LogP contribution in [0.1, 0.15) is 213 Å². The van der Waals surface area contributed by atoms with Crippen LogP contribution in [0.3, 0.4) is 0 Å². The molecule has 0 radical (unpaired) electrons. The molecule has 65 heavy (non-hydrogen) atoms. The van der Waals surface area contributed by atoms with Gasteiger partial charge in [-0.2, -0.15) is 0 Å². The first-order valence-corrected chi connectivity index (χ1v) is 27.7. The predicted molar refractivity (Wildman–Crippen MR) is 275 cm³/mol. The van der Waals surface area contributed by atoms with Crippen molar-refractivity contribution in [3.8, 4) is 0 Å². The Labute approximate surface area is 400 Å². The quantitative estimate of drug-likeness (QED) is 0.0213. The number of quaternary nitrogens is 1. The average molecular weight is 931 g/mol. The topological polar surface area (TPSA) is 114 Å². The van der Waals surface area contributed by atoms with E-state index in [9.17, 15) is 19.0 Å². The van der Waals surface area contributed by atoms with Gasteiger partial charge >= 0.3 is 5.97 Å². The van der Waals surface area contributed by atoms with Gasteiger partial charge in [-0.1, -0.05) is 203 Å². The van der Waals surface area contributed by atoms with E-state index in [1.54, 1.807) is 6.08 Å². The van der Waals surface area contributed by atoms with Crippen LogP contribution in [0.4, 0.5) is 0 Å². The molecule has 0 aromatic carbocycles. The van der Waals surface area contributed by atoms with E-state index in [0.717, 1.165) is 77.0 Å². The van der Waals surface area contributed by atoms with Gasteiger partial charge in [0.1, 0.15) is 19.3 Å². The molecule has 0 aliphatic carbocycles. The van der Waals surface area contributed by atoms with Crippen molar-refractivity contribution in [1.29, 1.82) is 0 Å². The van der Waals surface area contributed by atoms with Gasteiger partial charge in [0.05, 0.1) is 33.8 Å². The molecule has 0 aromatic heterocycles. The lowest BCUT2D eigenvalue weighted by molar-refractivity contribution is -0.870. The number of esters is 1. The summed E-state index contributed by atoms with van der Waals surface area (Å²) in [6.07, 6.45) is 55.9. The fourth-order valence-corrected chi connectivity index (χ4v) is 7.81. The molecule has 0 bridgehead atoms. The lowest BCUT2D eigenvalue weighted by Crippen LogP contribution is -2.47. The normalized spacial score (nSPS) is 14.5. The highest BCUT2D eigenvalue weighted by molar-refractivity contribution is 7.45. The molecule has 0 aromatic rings. The maximum absolute atomic E-state index is 13.4. The third kappa shape index (κ3) is 46.4. The lowest BCUT2D eigenvalue weighted by atomic mass is 10.0. The van der Waals surface area contributed by atoms with E-state index < -0.39 is 32.5 Å².